The van der Waals surface area contributed by atoms with Gasteiger partial charge in [0.15, 0.2) is 0 Å². The third-order valence-corrected chi connectivity index (χ3v) is 5.26. The van der Waals surface area contributed by atoms with E-state index in [2.05, 4.69) is 15.3 Å². The molecule has 5 aromatic rings. The molecular formula is C25H22N6O. The topological polar surface area (TPSA) is 88.5 Å². The van der Waals surface area contributed by atoms with Crippen LogP contribution in [-0.4, -0.2) is 37.0 Å². The van der Waals surface area contributed by atoms with Crippen LogP contribution < -0.4 is 5.32 Å². The highest BCUT2D eigenvalue weighted by molar-refractivity contribution is 5.98. The van der Waals surface area contributed by atoms with Gasteiger partial charge in [-0.15, -0.1) is 0 Å². The fraction of sp³-hybridized carbons (Fsp3) is 0.120. The Kier molecular flexibility index (Phi) is 5.45. The lowest BCUT2D eigenvalue weighted by molar-refractivity contribution is 0.0953. The van der Waals surface area contributed by atoms with Gasteiger partial charge in [0.05, 0.1) is 28.7 Å². The molecule has 2 aromatic carbocycles. The van der Waals surface area contributed by atoms with Gasteiger partial charge in [-0.2, -0.15) is 0 Å². The summed E-state index contributed by atoms with van der Waals surface area (Å²) in [6.45, 7) is 1.40. The Morgan fingerprint density at radius 3 is 2.62 bits per heavy atom. The van der Waals surface area contributed by atoms with Crippen molar-refractivity contribution < 1.29 is 4.79 Å². The Morgan fingerprint density at radius 1 is 0.969 bits per heavy atom. The number of hydrogen-bond acceptors (Lipinski definition) is 4. The fourth-order valence-corrected chi connectivity index (χ4v) is 3.64. The van der Waals surface area contributed by atoms with Crippen molar-refractivity contribution in [3.63, 3.8) is 0 Å². The number of fused-ring (bicyclic) bond motifs is 1. The number of imidazole rings is 1. The van der Waals surface area contributed by atoms with Crippen molar-refractivity contribution in [2.75, 3.05) is 6.54 Å². The van der Waals surface area contributed by atoms with Crippen molar-refractivity contribution in [2.45, 2.75) is 13.0 Å². The Labute approximate surface area is 185 Å². The molecule has 7 heteroatoms. The molecule has 0 spiro atoms. The number of nitrogens with zero attached hydrogens (tertiary/aromatic N) is 4. The van der Waals surface area contributed by atoms with Crippen molar-refractivity contribution in [3.05, 3.63) is 91.1 Å². The van der Waals surface area contributed by atoms with E-state index in [1.54, 1.807) is 24.7 Å². The molecule has 2 N–H and O–H groups in total. The van der Waals surface area contributed by atoms with Crippen molar-refractivity contribution >= 4 is 16.9 Å². The lowest BCUT2D eigenvalue weighted by Crippen LogP contribution is -2.25. The quantitative estimate of drug-likeness (QED) is 0.383. The highest BCUT2D eigenvalue weighted by Gasteiger charge is 2.15. The van der Waals surface area contributed by atoms with E-state index in [1.165, 1.54) is 0 Å². The first-order chi connectivity index (χ1) is 15.8. The van der Waals surface area contributed by atoms with Gasteiger partial charge < -0.3 is 14.9 Å². The summed E-state index contributed by atoms with van der Waals surface area (Å²) >= 11 is 0. The molecule has 0 aliphatic rings. The molecule has 1 amide bonds. The number of hydrogen-bond donors (Lipinski definition) is 2. The number of aryl methyl sites for hydroxylation is 1. The zero-order valence-electron chi connectivity index (χ0n) is 17.4. The summed E-state index contributed by atoms with van der Waals surface area (Å²) in [5.74, 6) is -0.118. The first-order valence-corrected chi connectivity index (χ1v) is 10.5. The van der Waals surface area contributed by atoms with E-state index in [-0.39, 0.29) is 5.91 Å². The van der Waals surface area contributed by atoms with Gasteiger partial charge in [0.25, 0.3) is 5.91 Å². The minimum atomic E-state index is -0.118. The van der Waals surface area contributed by atoms with E-state index < -0.39 is 0 Å². The van der Waals surface area contributed by atoms with Gasteiger partial charge in [-0.1, -0.05) is 30.3 Å². The average molecular weight is 422 g/mol. The summed E-state index contributed by atoms with van der Waals surface area (Å²) < 4.78 is 1.99. The maximum atomic E-state index is 12.7. The van der Waals surface area contributed by atoms with Crippen LogP contribution in [0.5, 0.6) is 0 Å². The Balaban J connectivity index is 1.41. The average Bonchev–Trinajstić information content (AvgIpc) is 3.56. The molecule has 0 saturated carbocycles. The van der Waals surface area contributed by atoms with Gasteiger partial charge in [0.1, 0.15) is 5.69 Å². The summed E-state index contributed by atoms with van der Waals surface area (Å²) in [7, 11) is 0. The molecule has 0 aliphatic carbocycles. The number of carbonyl (C=O) groups is 1. The zero-order chi connectivity index (χ0) is 21.8. The minimum Gasteiger partial charge on any atom is -0.360 e. The molecule has 0 fully saturated rings. The normalized spacial score (nSPS) is 11.0. The summed E-state index contributed by atoms with van der Waals surface area (Å²) in [6.07, 6.45) is 8.13. The van der Waals surface area contributed by atoms with E-state index in [1.807, 2.05) is 65.5 Å². The molecule has 3 aromatic heterocycles. The van der Waals surface area contributed by atoms with E-state index >= 15 is 0 Å². The number of benzene rings is 2. The van der Waals surface area contributed by atoms with Crippen LogP contribution >= 0.6 is 0 Å². The van der Waals surface area contributed by atoms with Gasteiger partial charge in [-0.25, -0.2) is 15.0 Å². The molecule has 5 rings (SSSR count). The lowest BCUT2D eigenvalue weighted by atomic mass is 10.1. The Hall–Kier alpha value is -4.26. The van der Waals surface area contributed by atoms with E-state index in [4.69, 9.17) is 9.97 Å². The number of amides is 1. The second kappa shape index (κ2) is 8.85. The van der Waals surface area contributed by atoms with Crippen LogP contribution in [0.25, 0.3) is 33.7 Å². The third kappa shape index (κ3) is 4.13. The van der Waals surface area contributed by atoms with E-state index in [9.17, 15) is 4.79 Å². The second-order valence-electron chi connectivity index (χ2n) is 7.48. The molecule has 0 aliphatic heterocycles. The van der Waals surface area contributed by atoms with Crippen LogP contribution in [0.1, 0.15) is 16.8 Å². The number of nitrogens with one attached hydrogen (secondary N) is 2. The van der Waals surface area contributed by atoms with Crippen LogP contribution in [0.3, 0.4) is 0 Å². The molecule has 0 radical (unpaired) electrons. The Morgan fingerprint density at radius 2 is 1.84 bits per heavy atom. The van der Waals surface area contributed by atoms with Gasteiger partial charge in [0, 0.05) is 42.8 Å². The monoisotopic (exact) mass is 422 g/mol. The van der Waals surface area contributed by atoms with Crippen LogP contribution in [-0.2, 0) is 6.54 Å². The number of H-pyrrole nitrogens is 1. The molecule has 0 atom stereocenters. The van der Waals surface area contributed by atoms with Gasteiger partial charge >= 0.3 is 0 Å². The molecule has 0 bridgehead atoms. The van der Waals surface area contributed by atoms with Crippen LogP contribution in [0, 0.1) is 0 Å². The summed E-state index contributed by atoms with van der Waals surface area (Å²) in [5.41, 5.74) is 5.43. The highest BCUT2D eigenvalue weighted by atomic mass is 16.1. The van der Waals surface area contributed by atoms with Crippen molar-refractivity contribution in [2.24, 2.45) is 0 Å². The summed E-state index contributed by atoms with van der Waals surface area (Å²) in [6, 6.07) is 19.4. The maximum absolute atomic E-state index is 12.7. The van der Waals surface area contributed by atoms with Crippen LogP contribution in [0.2, 0.25) is 0 Å². The smallest absolute Gasteiger partial charge is 0.251 e. The number of rotatable bonds is 7. The molecule has 158 valence electrons. The maximum Gasteiger partial charge on any atom is 0.251 e. The van der Waals surface area contributed by atoms with Gasteiger partial charge in [-0.3, -0.25) is 4.79 Å². The standard InChI is InChI=1S/C25H22N6O/c32-25(28-12-5-14-31-15-13-26-17-31)19-9-10-20-22(16-19)30-24(21-8-4-11-27-21)23(29-20)18-6-2-1-3-7-18/h1-4,6-11,13,15-17,27H,5,12,14H2,(H,28,32). The molecule has 32 heavy (non-hydrogen) atoms. The van der Waals surface area contributed by atoms with Gasteiger partial charge in [-0.05, 0) is 36.8 Å². The van der Waals surface area contributed by atoms with Crippen molar-refractivity contribution in [1.82, 2.24) is 29.8 Å². The third-order valence-electron chi connectivity index (χ3n) is 5.26. The fourth-order valence-electron chi connectivity index (χ4n) is 3.64. The Bertz CT molecular complexity index is 1330. The largest absolute Gasteiger partial charge is 0.360 e. The minimum absolute atomic E-state index is 0.118. The van der Waals surface area contributed by atoms with Gasteiger partial charge in [0.2, 0.25) is 0 Å². The SMILES string of the molecule is O=C(NCCCn1ccnc1)c1ccc2nc(-c3ccccc3)c(-c3ccc[nH]3)nc2c1. The van der Waals surface area contributed by atoms with Crippen LogP contribution in [0.15, 0.2) is 85.6 Å². The number of aromatic nitrogens is 5. The molecule has 3 heterocycles. The summed E-state index contributed by atoms with van der Waals surface area (Å²) in [4.78, 5) is 29.7. The first-order valence-electron chi connectivity index (χ1n) is 10.5. The van der Waals surface area contributed by atoms with E-state index in [0.717, 1.165) is 41.1 Å². The predicted molar refractivity (Wildman–Crippen MR) is 124 cm³/mol. The van der Waals surface area contributed by atoms with Crippen molar-refractivity contribution in [1.29, 1.82) is 0 Å². The highest BCUT2D eigenvalue weighted by Crippen LogP contribution is 2.30. The molecule has 7 nitrogen and oxygen atoms in total. The molecular weight excluding hydrogens is 400 g/mol. The predicted octanol–water partition coefficient (Wildman–Crippen LogP) is 4.31. The first kappa shape index (κ1) is 19.7. The number of aromatic amines is 1. The number of carbonyl (C=O) groups excluding carboxylic acids is 1. The zero-order valence-corrected chi connectivity index (χ0v) is 17.4. The molecule has 0 saturated heterocycles. The van der Waals surface area contributed by atoms with Crippen LogP contribution in [0.4, 0.5) is 0 Å². The second-order valence-corrected chi connectivity index (χ2v) is 7.48. The summed E-state index contributed by atoms with van der Waals surface area (Å²) in [5, 5.41) is 2.98. The molecule has 0 unspecified atom stereocenters. The van der Waals surface area contributed by atoms with Crippen molar-refractivity contribution in [3.8, 4) is 22.6 Å². The van der Waals surface area contributed by atoms with E-state index in [0.29, 0.717) is 17.6 Å². The lowest BCUT2D eigenvalue weighted by Gasteiger charge is -2.11.